The van der Waals surface area contributed by atoms with Crippen LogP contribution in [0.25, 0.3) is 0 Å². The minimum absolute atomic E-state index is 0.363. The predicted octanol–water partition coefficient (Wildman–Crippen LogP) is 3.22. The van der Waals surface area contributed by atoms with Crippen molar-refractivity contribution < 1.29 is 4.74 Å². The van der Waals surface area contributed by atoms with Gasteiger partial charge in [-0.25, -0.2) is 0 Å². The second-order valence-corrected chi connectivity index (χ2v) is 5.40. The van der Waals surface area contributed by atoms with Gasteiger partial charge in [-0.15, -0.1) is 0 Å². The molecule has 2 heteroatoms. The molecule has 0 spiro atoms. The first-order valence-electron chi connectivity index (χ1n) is 6.23. The lowest BCUT2D eigenvalue weighted by atomic mass is 9.87. The summed E-state index contributed by atoms with van der Waals surface area (Å²) in [5, 5.41) is 3.39. The van der Waals surface area contributed by atoms with Crippen molar-refractivity contribution in [2.45, 2.75) is 66.0 Å². The third-order valence-electron chi connectivity index (χ3n) is 2.81. The lowest BCUT2D eigenvalue weighted by Gasteiger charge is -2.28. The molecule has 0 radical (unpaired) electrons. The molecule has 0 amide bonds. The van der Waals surface area contributed by atoms with Crippen molar-refractivity contribution in [1.82, 2.24) is 5.32 Å². The fourth-order valence-electron chi connectivity index (χ4n) is 1.84. The summed E-state index contributed by atoms with van der Waals surface area (Å²) in [4.78, 5) is 0. The third kappa shape index (κ3) is 6.91. The first kappa shape index (κ1) is 14.9. The van der Waals surface area contributed by atoms with Crippen molar-refractivity contribution in [3.8, 4) is 0 Å². The van der Waals surface area contributed by atoms with Crippen molar-refractivity contribution in [3.05, 3.63) is 0 Å². The largest absolute Gasteiger partial charge is 0.377 e. The summed E-state index contributed by atoms with van der Waals surface area (Å²) in [6, 6.07) is 0.495. The summed E-state index contributed by atoms with van der Waals surface area (Å²) >= 11 is 0. The summed E-state index contributed by atoms with van der Waals surface area (Å²) in [5.41, 5.74) is 0.416. The maximum atomic E-state index is 5.75. The summed E-state index contributed by atoms with van der Waals surface area (Å²) < 4.78 is 5.75. The van der Waals surface area contributed by atoms with Gasteiger partial charge in [0.25, 0.3) is 0 Å². The zero-order valence-electron chi connectivity index (χ0n) is 11.4. The van der Waals surface area contributed by atoms with Crippen LogP contribution in [0.5, 0.6) is 0 Å². The molecule has 0 aromatic carbocycles. The monoisotopic (exact) mass is 215 g/mol. The SMILES string of the molecule is CCOC(CC)C(CCC(C)(C)C)NC. The highest BCUT2D eigenvalue weighted by Gasteiger charge is 2.21. The Morgan fingerprint density at radius 3 is 2.13 bits per heavy atom. The van der Waals surface area contributed by atoms with Gasteiger partial charge in [-0.3, -0.25) is 0 Å². The van der Waals surface area contributed by atoms with Crippen LogP contribution in [0.3, 0.4) is 0 Å². The summed E-state index contributed by atoms with van der Waals surface area (Å²) in [6.45, 7) is 12.0. The predicted molar refractivity (Wildman–Crippen MR) is 67.2 cm³/mol. The van der Waals surface area contributed by atoms with Crippen molar-refractivity contribution in [3.63, 3.8) is 0 Å². The number of hydrogen-bond acceptors (Lipinski definition) is 2. The third-order valence-corrected chi connectivity index (χ3v) is 2.81. The van der Waals surface area contributed by atoms with Crippen LogP contribution in [0, 0.1) is 5.41 Å². The Morgan fingerprint density at radius 1 is 1.20 bits per heavy atom. The average Bonchev–Trinajstić information content (AvgIpc) is 2.15. The second kappa shape index (κ2) is 7.24. The number of hydrogen-bond donors (Lipinski definition) is 1. The van der Waals surface area contributed by atoms with E-state index in [1.54, 1.807) is 0 Å². The average molecular weight is 215 g/mol. The molecule has 2 unspecified atom stereocenters. The molecule has 92 valence electrons. The van der Waals surface area contributed by atoms with E-state index < -0.39 is 0 Å². The molecular weight excluding hydrogens is 186 g/mol. The van der Waals surface area contributed by atoms with E-state index in [1.165, 1.54) is 12.8 Å². The van der Waals surface area contributed by atoms with Crippen molar-refractivity contribution in [1.29, 1.82) is 0 Å². The van der Waals surface area contributed by atoms with E-state index in [1.807, 2.05) is 7.05 Å². The highest BCUT2D eigenvalue weighted by Crippen LogP contribution is 2.23. The minimum Gasteiger partial charge on any atom is -0.377 e. The lowest BCUT2D eigenvalue weighted by molar-refractivity contribution is 0.0289. The molecule has 0 rings (SSSR count). The molecular formula is C13H29NO. The summed E-state index contributed by atoms with van der Waals surface area (Å²) in [6.07, 6.45) is 3.88. The molecule has 2 nitrogen and oxygen atoms in total. The Bertz CT molecular complexity index is 151. The van der Waals surface area contributed by atoms with Crippen LogP contribution in [0.2, 0.25) is 0 Å². The van der Waals surface area contributed by atoms with Gasteiger partial charge in [0.15, 0.2) is 0 Å². The van der Waals surface area contributed by atoms with Crippen LogP contribution in [0.1, 0.15) is 53.9 Å². The van der Waals surface area contributed by atoms with E-state index >= 15 is 0 Å². The fourth-order valence-corrected chi connectivity index (χ4v) is 1.84. The van der Waals surface area contributed by atoms with Crippen LogP contribution < -0.4 is 5.32 Å². The molecule has 0 saturated carbocycles. The molecule has 0 aliphatic carbocycles. The van der Waals surface area contributed by atoms with Crippen molar-refractivity contribution in [2.75, 3.05) is 13.7 Å². The number of rotatable bonds is 7. The zero-order valence-corrected chi connectivity index (χ0v) is 11.4. The molecule has 0 bridgehead atoms. The topological polar surface area (TPSA) is 21.3 Å². The normalized spacial score (nSPS) is 16.4. The Balaban J connectivity index is 4.09. The van der Waals surface area contributed by atoms with Gasteiger partial charge in [-0.05, 0) is 38.6 Å². The van der Waals surface area contributed by atoms with Gasteiger partial charge < -0.3 is 10.1 Å². The molecule has 2 atom stereocenters. The van der Waals surface area contributed by atoms with Crippen molar-refractivity contribution >= 4 is 0 Å². The fraction of sp³-hybridized carbons (Fsp3) is 1.00. The van der Waals surface area contributed by atoms with Crippen LogP contribution >= 0.6 is 0 Å². The van der Waals surface area contributed by atoms with E-state index in [9.17, 15) is 0 Å². The zero-order chi connectivity index (χ0) is 11.9. The first-order chi connectivity index (χ1) is 6.94. The molecule has 0 saturated heterocycles. The standard InChI is InChI=1S/C13H29NO/c1-7-12(15-8-2)11(14-6)9-10-13(3,4)5/h11-12,14H,7-10H2,1-6H3. The maximum Gasteiger partial charge on any atom is 0.0725 e. The summed E-state index contributed by atoms with van der Waals surface area (Å²) in [5.74, 6) is 0. The van der Waals surface area contributed by atoms with Crippen LogP contribution in [0.15, 0.2) is 0 Å². The quantitative estimate of drug-likeness (QED) is 0.704. The van der Waals surface area contributed by atoms with E-state index in [-0.39, 0.29) is 0 Å². The van der Waals surface area contributed by atoms with Crippen LogP contribution in [-0.4, -0.2) is 25.8 Å². The number of nitrogens with one attached hydrogen (secondary N) is 1. The van der Waals surface area contributed by atoms with E-state index in [4.69, 9.17) is 4.74 Å². The molecule has 1 N–H and O–H groups in total. The number of likely N-dealkylation sites (N-methyl/N-ethyl adjacent to an activating group) is 1. The second-order valence-electron chi connectivity index (χ2n) is 5.40. The van der Waals surface area contributed by atoms with Crippen LogP contribution in [0.4, 0.5) is 0 Å². The van der Waals surface area contributed by atoms with Crippen LogP contribution in [-0.2, 0) is 4.74 Å². The first-order valence-corrected chi connectivity index (χ1v) is 6.23. The molecule has 0 aromatic heterocycles. The Hall–Kier alpha value is -0.0800. The number of ether oxygens (including phenoxy) is 1. The lowest BCUT2D eigenvalue weighted by Crippen LogP contribution is -2.39. The smallest absolute Gasteiger partial charge is 0.0725 e. The highest BCUT2D eigenvalue weighted by molar-refractivity contribution is 4.77. The Kier molecular flexibility index (Phi) is 7.20. The van der Waals surface area contributed by atoms with Gasteiger partial charge in [0, 0.05) is 12.6 Å². The molecule has 0 fully saturated rings. The molecule has 15 heavy (non-hydrogen) atoms. The highest BCUT2D eigenvalue weighted by atomic mass is 16.5. The van der Waals surface area contributed by atoms with Gasteiger partial charge in [-0.1, -0.05) is 27.7 Å². The van der Waals surface area contributed by atoms with Crippen molar-refractivity contribution in [2.24, 2.45) is 5.41 Å². The molecule has 0 aliphatic rings. The van der Waals surface area contributed by atoms with E-state index in [2.05, 4.69) is 39.9 Å². The van der Waals surface area contributed by atoms with E-state index in [0.29, 0.717) is 17.6 Å². The molecule has 0 heterocycles. The summed E-state index contributed by atoms with van der Waals surface area (Å²) in [7, 11) is 2.04. The Labute approximate surface area is 95.8 Å². The Morgan fingerprint density at radius 2 is 1.80 bits per heavy atom. The van der Waals surface area contributed by atoms with Gasteiger partial charge in [-0.2, -0.15) is 0 Å². The molecule has 0 aromatic rings. The van der Waals surface area contributed by atoms with Gasteiger partial charge >= 0.3 is 0 Å². The van der Waals surface area contributed by atoms with Gasteiger partial charge in [0.2, 0.25) is 0 Å². The van der Waals surface area contributed by atoms with Gasteiger partial charge in [0.05, 0.1) is 6.10 Å². The minimum atomic E-state index is 0.363. The molecule has 0 aliphatic heterocycles. The van der Waals surface area contributed by atoms with E-state index in [0.717, 1.165) is 13.0 Å². The maximum absolute atomic E-state index is 5.75. The van der Waals surface area contributed by atoms with Gasteiger partial charge in [0.1, 0.15) is 0 Å².